The minimum atomic E-state index is -1.57. The summed E-state index contributed by atoms with van der Waals surface area (Å²) in [6.45, 7) is 14.3. The van der Waals surface area contributed by atoms with E-state index in [2.05, 4.69) is 45.8 Å². The van der Waals surface area contributed by atoms with E-state index in [4.69, 9.17) is 4.43 Å². The molecule has 0 saturated heterocycles. The topological polar surface area (TPSA) is 22.1 Å². The van der Waals surface area contributed by atoms with Crippen LogP contribution in [0.25, 0.3) is 0 Å². The zero-order valence-electron chi connectivity index (χ0n) is 11.3. The predicted octanol–water partition coefficient (Wildman–Crippen LogP) is 4.02. The Morgan fingerprint density at radius 1 is 1.38 bits per heavy atom. The van der Waals surface area contributed by atoms with Gasteiger partial charge in [0.15, 0.2) is 8.32 Å². The Hall–Kier alpha value is -0.193. The fraction of sp³-hybridized carbons (Fsp3) is 0.750. The first-order valence-electron chi connectivity index (χ1n) is 5.77. The van der Waals surface area contributed by atoms with Crippen LogP contribution >= 0.6 is 11.3 Å². The van der Waals surface area contributed by atoms with Crippen LogP contribution < -0.4 is 0 Å². The highest BCUT2D eigenvalue weighted by atomic mass is 32.1. The summed E-state index contributed by atoms with van der Waals surface area (Å²) in [7, 11) is -1.57. The first-order valence-corrected chi connectivity index (χ1v) is 9.56. The maximum atomic E-state index is 6.14. The monoisotopic (exact) mass is 257 g/mol. The highest BCUT2D eigenvalue weighted by molar-refractivity contribution is 7.09. The van der Waals surface area contributed by atoms with Gasteiger partial charge in [-0.25, -0.2) is 4.98 Å². The Balaban J connectivity index is 2.45. The largest absolute Gasteiger partial charge is 0.416 e. The SMILES string of the molecule is Cc1ncsc1CCO[Si](C)(C)C(C)(C)C. The second-order valence-corrected chi connectivity index (χ2v) is 11.5. The molecular formula is C12H23NOSSi. The molecule has 0 aromatic carbocycles. The average Bonchev–Trinajstić information content (AvgIpc) is 2.49. The second-order valence-electron chi connectivity index (χ2n) is 5.72. The molecule has 1 heterocycles. The Labute approximate surface area is 104 Å². The van der Waals surface area contributed by atoms with E-state index in [1.807, 2.05) is 5.51 Å². The van der Waals surface area contributed by atoms with Gasteiger partial charge in [0.25, 0.3) is 0 Å². The van der Waals surface area contributed by atoms with Crippen molar-refractivity contribution >= 4 is 19.7 Å². The summed E-state index contributed by atoms with van der Waals surface area (Å²) in [5.74, 6) is 0. The maximum Gasteiger partial charge on any atom is 0.191 e. The van der Waals surface area contributed by atoms with E-state index < -0.39 is 8.32 Å². The molecule has 0 saturated carbocycles. The van der Waals surface area contributed by atoms with Crippen molar-refractivity contribution in [3.8, 4) is 0 Å². The van der Waals surface area contributed by atoms with Crippen molar-refractivity contribution in [3.05, 3.63) is 16.1 Å². The van der Waals surface area contributed by atoms with Crippen LogP contribution in [0.5, 0.6) is 0 Å². The van der Waals surface area contributed by atoms with Crippen LogP contribution in [-0.2, 0) is 10.8 Å². The molecule has 0 unspecified atom stereocenters. The molecule has 1 aromatic rings. The van der Waals surface area contributed by atoms with Crippen molar-refractivity contribution < 1.29 is 4.43 Å². The summed E-state index contributed by atoms with van der Waals surface area (Å²) in [5, 5.41) is 0.301. The first-order chi connectivity index (χ1) is 7.24. The number of thiazole rings is 1. The van der Waals surface area contributed by atoms with Crippen molar-refractivity contribution in [2.45, 2.75) is 52.2 Å². The Morgan fingerprint density at radius 2 is 2.00 bits per heavy atom. The van der Waals surface area contributed by atoms with Gasteiger partial charge in [0, 0.05) is 17.9 Å². The van der Waals surface area contributed by atoms with E-state index in [-0.39, 0.29) is 0 Å². The van der Waals surface area contributed by atoms with Crippen LogP contribution in [0.3, 0.4) is 0 Å². The summed E-state index contributed by atoms with van der Waals surface area (Å²) in [5.41, 5.74) is 3.07. The number of aryl methyl sites for hydroxylation is 1. The lowest BCUT2D eigenvalue weighted by molar-refractivity contribution is 0.292. The minimum Gasteiger partial charge on any atom is -0.416 e. The van der Waals surface area contributed by atoms with Gasteiger partial charge >= 0.3 is 0 Å². The predicted molar refractivity (Wildman–Crippen MR) is 73.7 cm³/mol. The van der Waals surface area contributed by atoms with Crippen molar-refractivity contribution in [2.24, 2.45) is 0 Å². The number of hydrogen-bond donors (Lipinski definition) is 0. The smallest absolute Gasteiger partial charge is 0.191 e. The minimum absolute atomic E-state index is 0.301. The molecule has 1 aromatic heterocycles. The first kappa shape index (κ1) is 13.9. The Kier molecular flexibility index (Phi) is 4.32. The highest BCUT2D eigenvalue weighted by Gasteiger charge is 2.36. The van der Waals surface area contributed by atoms with Crippen molar-refractivity contribution in [2.75, 3.05) is 6.61 Å². The summed E-state index contributed by atoms with van der Waals surface area (Å²) >= 11 is 1.73. The summed E-state index contributed by atoms with van der Waals surface area (Å²) in [4.78, 5) is 5.61. The van der Waals surface area contributed by atoms with Gasteiger partial charge < -0.3 is 4.43 Å². The molecule has 0 bridgehead atoms. The van der Waals surface area contributed by atoms with Crippen molar-refractivity contribution in [1.82, 2.24) is 4.98 Å². The van der Waals surface area contributed by atoms with E-state index in [1.165, 1.54) is 4.88 Å². The van der Waals surface area contributed by atoms with Gasteiger partial charge in [0.1, 0.15) is 0 Å². The molecule has 0 fully saturated rings. The lowest BCUT2D eigenvalue weighted by Gasteiger charge is -2.36. The van der Waals surface area contributed by atoms with Gasteiger partial charge in [-0.1, -0.05) is 20.8 Å². The third-order valence-corrected chi connectivity index (χ3v) is 8.98. The quantitative estimate of drug-likeness (QED) is 0.760. The van der Waals surface area contributed by atoms with E-state index in [0.29, 0.717) is 5.04 Å². The van der Waals surface area contributed by atoms with E-state index in [1.54, 1.807) is 11.3 Å². The zero-order valence-corrected chi connectivity index (χ0v) is 13.1. The zero-order chi connectivity index (χ0) is 12.4. The molecule has 0 aliphatic heterocycles. The number of aromatic nitrogens is 1. The molecule has 1 rings (SSSR count). The molecule has 16 heavy (non-hydrogen) atoms. The number of nitrogens with zero attached hydrogens (tertiary/aromatic N) is 1. The summed E-state index contributed by atoms with van der Waals surface area (Å²) in [6, 6.07) is 0. The van der Waals surface area contributed by atoms with Crippen LogP contribution in [0.1, 0.15) is 31.3 Å². The third kappa shape index (κ3) is 3.40. The molecule has 0 N–H and O–H groups in total. The maximum absolute atomic E-state index is 6.14. The fourth-order valence-corrected chi connectivity index (χ4v) is 2.99. The lowest BCUT2D eigenvalue weighted by atomic mass is 10.2. The molecule has 92 valence electrons. The van der Waals surface area contributed by atoms with Crippen molar-refractivity contribution in [3.63, 3.8) is 0 Å². The number of hydrogen-bond acceptors (Lipinski definition) is 3. The van der Waals surface area contributed by atoms with Crippen molar-refractivity contribution in [1.29, 1.82) is 0 Å². The van der Waals surface area contributed by atoms with Crippen LogP contribution in [-0.4, -0.2) is 19.9 Å². The van der Waals surface area contributed by atoms with Crippen LogP contribution in [0.15, 0.2) is 5.51 Å². The van der Waals surface area contributed by atoms with Gasteiger partial charge in [-0.2, -0.15) is 0 Å². The summed E-state index contributed by atoms with van der Waals surface area (Å²) < 4.78 is 6.14. The van der Waals surface area contributed by atoms with Gasteiger partial charge in [-0.15, -0.1) is 11.3 Å². The molecule has 0 atom stereocenters. The molecule has 0 aliphatic rings. The van der Waals surface area contributed by atoms with Crippen LogP contribution in [0.4, 0.5) is 0 Å². The lowest BCUT2D eigenvalue weighted by Crippen LogP contribution is -2.41. The Morgan fingerprint density at radius 3 is 2.44 bits per heavy atom. The molecule has 4 heteroatoms. The molecule has 0 radical (unpaired) electrons. The second kappa shape index (κ2) is 4.98. The Bertz CT molecular complexity index is 341. The third-order valence-electron chi connectivity index (χ3n) is 3.44. The number of rotatable bonds is 4. The highest BCUT2D eigenvalue weighted by Crippen LogP contribution is 2.36. The van der Waals surface area contributed by atoms with Gasteiger partial charge in [-0.05, 0) is 25.1 Å². The molecule has 0 aliphatic carbocycles. The molecule has 0 spiro atoms. The fourth-order valence-electron chi connectivity index (χ4n) is 1.18. The van der Waals surface area contributed by atoms with Gasteiger partial charge in [0.05, 0.1) is 11.2 Å². The standard InChI is InChI=1S/C12H23NOSSi/c1-10-11(15-9-13-10)7-8-14-16(5,6)12(2,3)4/h9H,7-8H2,1-6H3. The summed E-state index contributed by atoms with van der Waals surface area (Å²) in [6.07, 6.45) is 1.00. The van der Waals surface area contributed by atoms with Crippen LogP contribution in [0, 0.1) is 6.92 Å². The molecular weight excluding hydrogens is 234 g/mol. The molecule has 2 nitrogen and oxygen atoms in total. The molecule has 0 amide bonds. The normalized spacial score (nSPS) is 13.1. The van der Waals surface area contributed by atoms with Gasteiger partial charge in [0.2, 0.25) is 0 Å². The van der Waals surface area contributed by atoms with Crippen LogP contribution in [0.2, 0.25) is 18.1 Å². The van der Waals surface area contributed by atoms with E-state index in [9.17, 15) is 0 Å². The van der Waals surface area contributed by atoms with E-state index >= 15 is 0 Å². The van der Waals surface area contributed by atoms with Gasteiger partial charge in [-0.3, -0.25) is 0 Å². The van der Waals surface area contributed by atoms with E-state index in [0.717, 1.165) is 18.7 Å². The average molecular weight is 257 g/mol.